The number of hydrogen-bond donors (Lipinski definition) is 0. The molecule has 0 N–H and O–H groups in total. The van der Waals surface area contributed by atoms with Crippen LogP contribution in [0.15, 0.2) is 58.8 Å². The lowest BCUT2D eigenvalue weighted by Crippen LogP contribution is -2.09. The fraction of sp³-hybridized carbons (Fsp3) is 0.158. The number of aromatic nitrogens is 1. The van der Waals surface area contributed by atoms with Crippen molar-refractivity contribution in [2.45, 2.75) is 17.6 Å². The summed E-state index contributed by atoms with van der Waals surface area (Å²) in [6.45, 7) is 2.00. The van der Waals surface area contributed by atoms with E-state index in [2.05, 4.69) is 10.4 Å². The van der Waals surface area contributed by atoms with E-state index < -0.39 is 5.97 Å². The number of carbonyl (C=O) groups excluding carboxylic acids is 1. The standard InChI is InChI=1S/C19H17NO3S2/c1-13-20-15(11-24-13)12-25-16-9-7-14(8-10-16)19(21)23-18-6-4-3-5-17(18)22-2/h3-11H,12H2,1-2H3. The van der Waals surface area contributed by atoms with Crippen molar-refractivity contribution in [2.75, 3.05) is 7.11 Å². The molecule has 0 spiro atoms. The van der Waals surface area contributed by atoms with Gasteiger partial charge in [-0.1, -0.05) is 12.1 Å². The molecule has 0 aliphatic rings. The number of esters is 1. The topological polar surface area (TPSA) is 48.4 Å². The average molecular weight is 371 g/mol. The Morgan fingerprint density at radius 3 is 2.48 bits per heavy atom. The fourth-order valence-corrected chi connectivity index (χ4v) is 3.69. The Labute approximate surface area is 154 Å². The van der Waals surface area contributed by atoms with Crippen LogP contribution in [0.3, 0.4) is 0 Å². The van der Waals surface area contributed by atoms with E-state index in [9.17, 15) is 4.79 Å². The van der Waals surface area contributed by atoms with E-state index in [-0.39, 0.29) is 0 Å². The lowest BCUT2D eigenvalue weighted by Gasteiger charge is -2.09. The molecular weight excluding hydrogens is 354 g/mol. The molecule has 1 heterocycles. The van der Waals surface area contributed by atoms with Crippen molar-refractivity contribution in [3.05, 3.63) is 70.2 Å². The van der Waals surface area contributed by atoms with Crippen molar-refractivity contribution in [2.24, 2.45) is 0 Å². The Hall–Kier alpha value is -2.31. The van der Waals surface area contributed by atoms with Gasteiger partial charge in [-0.2, -0.15) is 0 Å². The Kier molecular flexibility index (Phi) is 5.73. The molecular formula is C19H17NO3S2. The number of methoxy groups -OCH3 is 1. The Bertz CT molecular complexity index is 859. The maximum atomic E-state index is 12.3. The number of carbonyl (C=O) groups is 1. The SMILES string of the molecule is COc1ccccc1OC(=O)c1ccc(SCc2csc(C)n2)cc1. The molecule has 0 radical (unpaired) electrons. The normalized spacial score (nSPS) is 10.5. The summed E-state index contributed by atoms with van der Waals surface area (Å²) in [6.07, 6.45) is 0. The van der Waals surface area contributed by atoms with Gasteiger partial charge in [-0.15, -0.1) is 23.1 Å². The highest BCUT2D eigenvalue weighted by Crippen LogP contribution is 2.27. The van der Waals surface area contributed by atoms with Crippen LogP contribution in [0.5, 0.6) is 11.5 Å². The zero-order valence-corrected chi connectivity index (χ0v) is 15.5. The summed E-state index contributed by atoms with van der Waals surface area (Å²) in [5.74, 6) is 1.35. The van der Waals surface area contributed by atoms with Gasteiger partial charge in [0.1, 0.15) is 0 Å². The third-order valence-electron chi connectivity index (χ3n) is 3.42. The monoisotopic (exact) mass is 371 g/mol. The highest BCUT2D eigenvalue weighted by atomic mass is 32.2. The van der Waals surface area contributed by atoms with Crippen LogP contribution in [0.1, 0.15) is 21.1 Å². The van der Waals surface area contributed by atoms with E-state index in [1.807, 2.05) is 25.1 Å². The van der Waals surface area contributed by atoms with Gasteiger partial charge >= 0.3 is 5.97 Å². The molecule has 0 atom stereocenters. The van der Waals surface area contributed by atoms with Crippen molar-refractivity contribution in [1.82, 2.24) is 4.98 Å². The van der Waals surface area contributed by atoms with E-state index in [0.29, 0.717) is 17.1 Å². The van der Waals surface area contributed by atoms with Crippen molar-refractivity contribution in [1.29, 1.82) is 0 Å². The quantitative estimate of drug-likeness (QED) is 0.348. The largest absolute Gasteiger partial charge is 0.493 e. The van der Waals surface area contributed by atoms with Gasteiger partial charge in [0, 0.05) is 16.0 Å². The summed E-state index contributed by atoms with van der Waals surface area (Å²) >= 11 is 3.34. The van der Waals surface area contributed by atoms with Crippen LogP contribution < -0.4 is 9.47 Å². The van der Waals surface area contributed by atoms with Crippen LogP contribution in [0.2, 0.25) is 0 Å². The molecule has 128 valence electrons. The van der Waals surface area contributed by atoms with E-state index >= 15 is 0 Å². The number of thioether (sulfide) groups is 1. The molecule has 0 aliphatic carbocycles. The summed E-state index contributed by atoms with van der Waals surface area (Å²) in [5, 5.41) is 3.14. The molecule has 1 aromatic heterocycles. The van der Waals surface area contributed by atoms with Gasteiger partial charge in [-0.05, 0) is 43.3 Å². The number of thiazole rings is 1. The molecule has 0 bridgehead atoms. The number of benzene rings is 2. The van der Waals surface area contributed by atoms with Crippen molar-refractivity contribution in [3.8, 4) is 11.5 Å². The first-order valence-corrected chi connectivity index (χ1v) is 9.51. The van der Waals surface area contributed by atoms with E-state index in [4.69, 9.17) is 9.47 Å². The zero-order chi connectivity index (χ0) is 17.6. The summed E-state index contributed by atoms with van der Waals surface area (Å²) in [4.78, 5) is 17.8. The van der Waals surface area contributed by atoms with Gasteiger partial charge in [-0.25, -0.2) is 9.78 Å². The molecule has 0 saturated carbocycles. The molecule has 0 unspecified atom stereocenters. The first-order valence-electron chi connectivity index (χ1n) is 7.65. The molecule has 0 saturated heterocycles. The van der Waals surface area contributed by atoms with Gasteiger partial charge in [0.25, 0.3) is 0 Å². The van der Waals surface area contributed by atoms with Gasteiger partial charge in [0.2, 0.25) is 0 Å². The average Bonchev–Trinajstić information content (AvgIpc) is 3.06. The molecule has 0 amide bonds. The zero-order valence-electron chi connectivity index (χ0n) is 13.9. The third kappa shape index (κ3) is 4.61. The second kappa shape index (κ2) is 8.18. The number of aryl methyl sites for hydroxylation is 1. The number of ether oxygens (including phenoxy) is 2. The van der Waals surface area contributed by atoms with Gasteiger partial charge < -0.3 is 9.47 Å². The van der Waals surface area contributed by atoms with Crippen LogP contribution in [0, 0.1) is 6.92 Å². The smallest absolute Gasteiger partial charge is 0.343 e. The number of nitrogens with zero attached hydrogens (tertiary/aromatic N) is 1. The number of para-hydroxylation sites is 2. The Balaban J connectivity index is 1.62. The second-order valence-electron chi connectivity index (χ2n) is 5.21. The number of rotatable bonds is 6. The van der Waals surface area contributed by atoms with E-state index in [0.717, 1.165) is 21.3 Å². The number of hydrogen-bond acceptors (Lipinski definition) is 6. The first kappa shape index (κ1) is 17.5. The maximum Gasteiger partial charge on any atom is 0.343 e. The predicted molar refractivity (Wildman–Crippen MR) is 101 cm³/mol. The molecule has 2 aromatic carbocycles. The van der Waals surface area contributed by atoms with Crippen molar-refractivity contribution < 1.29 is 14.3 Å². The summed E-state index contributed by atoms with van der Waals surface area (Å²) in [6, 6.07) is 14.5. The van der Waals surface area contributed by atoms with Crippen LogP contribution in [0.4, 0.5) is 0 Å². The minimum absolute atomic E-state index is 0.406. The van der Waals surface area contributed by atoms with Crippen molar-refractivity contribution in [3.63, 3.8) is 0 Å². The summed E-state index contributed by atoms with van der Waals surface area (Å²) in [5.41, 5.74) is 1.58. The summed E-state index contributed by atoms with van der Waals surface area (Å²) < 4.78 is 10.6. The predicted octanol–water partition coefficient (Wildman–Crippen LogP) is 4.97. The third-order valence-corrected chi connectivity index (χ3v) is 5.28. The first-order chi connectivity index (χ1) is 12.2. The van der Waals surface area contributed by atoms with Gasteiger partial charge in [0.15, 0.2) is 11.5 Å². The minimum atomic E-state index is -0.406. The fourth-order valence-electron chi connectivity index (χ4n) is 2.18. The van der Waals surface area contributed by atoms with Gasteiger partial charge in [0.05, 0.1) is 23.4 Å². The molecule has 4 nitrogen and oxygen atoms in total. The van der Waals surface area contributed by atoms with Crippen LogP contribution in [0.25, 0.3) is 0 Å². The second-order valence-corrected chi connectivity index (χ2v) is 7.32. The lowest BCUT2D eigenvalue weighted by molar-refractivity contribution is 0.0729. The molecule has 0 fully saturated rings. The highest BCUT2D eigenvalue weighted by molar-refractivity contribution is 7.98. The Morgan fingerprint density at radius 2 is 1.84 bits per heavy atom. The molecule has 3 rings (SSSR count). The van der Waals surface area contributed by atoms with E-state index in [1.165, 1.54) is 0 Å². The maximum absolute atomic E-state index is 12.3. The summed E-state index contributed by atoms with van der Waals surface area (Å²) in [7, 11) is 1.54. The van der Waals surface area contributed by atoms with Crippen LogP contribution >= 0.6 is 23.1 Å². The van der Waals surface area contributed by atoms with Crippen LogP contribution in [-0.2, 0) is 5.75 Å². The minimum Gasteiger partial charge on any atom is -0.493 e. The molecule has 25 heavy (non-hydrogen) atoms. The highest BCUT2D eigenvalue weighted by Gasteiger charge is 2.12. The molecule has 0 aliphatic heterocycles. The molecule has 6 heteroatoms. The van der Waals surface area contributed by atoms with E-state index in [1.54, 1.807) is 60.5 Å². The van der Waals surface area contributed by atoms with Gasteiger partial charge in [-0.3, -0.25) is 0 Å². The Morgan fingerprint density at radius 1 is 1.12 bits per heavy atom. The lowest BCUT2D eigenvalue weighted by atomic mass is 10.2. The van der Waals surface area contributed by atoms with Crippen LogP contribution in [-0.4, -0.2) is 18.1 Å². The molecule has 3 aromatic rings. The van der Waals surface area contributed by atoms with Crippen molar-refractivity contribution >= 4 is 29.1 Å².